The molecule has 2 aromatic carbocycles. The normalized spacial score (nSPS) is 13.6. The van der Waals surface area contributed by atoms with Crippen LogP contribution >= 0.6 is 15.9 Å². The standard InChI is InChI=1S/C37H39BrFN7O2/c1-5-7-29-28(10-11-34(35(29)39)48-22-14-40)32-25-42-37-36(41-15-19-46(32)37)45(16-6-2)27-8-9-30(31(38)24-27)33(47)23-26-12-17-44(18-13-26)21-20-43(3)4/h5,8-11,15,19,24-26H,1,7,12-13,17-18,20-23H2,2-4H3. The van der Waals surface area contributed by atoms with E-state index in [9.17, 15) is 4.79 Å². The smallest absolute Gasteiger partial charge is 0.189 e. The maximum atomic E-state index is 15.5. The Morgan fingerprint density at radius 1 is 1.23 bits per heavy atom. The lowest BCUT2D eigenvalue weighted by molar-refractivity contribution is 0.0924. The number of hydrogen-bond donors (Lipinski definition) is 0. The Morgan fingerprint density at radius 2 is 2.02 bits per heavy atom. The molecule has 1 fully saturated rings. The number of fused-ring (bicyclic) bond motifs is 1. The Labute approximate surface area is 289 Å². The molecule has 0 unspecified atom stereocenters. The molecule has 5 rings (SSSR count). The zero-order valence-electron chi connectivity index (χ0n) is 27.5. The lowest BCUT2D eigenvalue weighted by Gasteiger charge is -2.32. The van der Waals surface area contributed by atoms with Gasteiger partial charge in [0, 0.05) is 59.1 Å². The minimum atomic E-state index is -0.546. The number of Topliss-reactive ketones (excluding diaryl/α,β-unsaturated/α-hetero) is 1. The first-order valence-electron chi connectivity index (χ1n) is 15.9. The molecule has 0 spiro atoms. The molecule has 3 heterocycles. The molecular weight excluding hydrogens is 673 g/mol. The SMILES string of the molecule is C=CCc1c(-c2cnc3c(N(C#CC)c4ccc(C(=O)CC5CCN(CCN(C)C)CC5)c(Br)c4)nccn23)ccc(OCC#N)c1F. The summed E-state index contributed by atoms with van der Waals surface area (Å²) in [5.41, 5.74) is 3.50. The van der Waals surface area contributed by atoms with Gasteiger partial charge in [0.1, 0.15) is 6.07 Å². The number of piperidine rings is 1. The van der Waals surface area contributed by atoms with Gasteiger partial charge in [-0.05, 0) is 106 Å². The molecule has 48 heavy (non-hydrogen) atoms. The van der Waals surface area contributed by atoms with E-state index in [0.717, 1.165) is 39.0 Å². The minimum absolute atomic E-state index is 0.00576. The van der Waals surface area contributed by atoms with E-state index in [4.69, 9.17) is 10.00 Å². The molecule has 0 N–H and O–H groups in total. The first-order chi connectivity index (χ1) is 23.2. The molecule has 9 nitrogen and oxygen atoms in total. The number of nitrogens with zero attached hydrogens (tertiary/aromatic N) is 7. The van der Waals surface area contributed by atoms with Crippen LogP contribution in [0.4, 0.5) is 15.9 Å². The molecule has 0 aliphatic carbocycles. The number of aromatic nitrogens is 3. The van der Waals surface area contributed by atoms with Crippen molar-refractivity contribution in [2.45, 2.75) is 32.6 Å². The van der Waals surface area contributed by atoms with Crippen molar-refractivity contribution in [3.63, 3.8) is 0 Å². The number of carbonyl (C=O) groups excluding carboxylic acids is 1. The van der Waals surface area contributed by atoms with Gasteiger partial charge in [-0.1, -0.05) is 12.0 Å². The minimum Gasteiger partial charge on any atom is -0.476 e. The Bertz CT molecular complexity index is 1900. The fraction of sp³-hybridized carbons (Fsp3) is 0.351. The number of nitriles is 1. The number of rotatable bonds is 13. The molecule has 1 aliphatic heterocycles. The Balaban J connectivity index is 1.40. The third-order valence-corrected chi connectivity index (χ3v) is 9.18. The summed E-state index contributed by atoms with van der Waals surface area (Å²) in [6, 6.07) is 13.9. The Hall–Kier alpha value is -4.55. The molecule has 248 valence electrons. The highest BCUT2D eigenvalue weighted by Crippen LogP contribution is 2.36. The van der Waals surface area contributed by atoms with Crippen molar-refractivity contribution in [1.29, 1.82) is 5.26 Å². The van der Waals surface area contributed by atoms with Crippen molar-refractivity contribution in [2.75, 3.05) is 51.8 Å². The summed E-state index contributed by atoms with van der Waals surface area (Å²) in [6.07, 6.45) is 9.51. The van der Waals surface area contributed by atoms with Crippen molar-refractivity contribution in [1.82, 2.24) is 24.2 Å². The lowest BCUT2D eigenvalue weighted by Crippen LogP contribution is -2.38. The average Bonchev–Trinajstić information content (AvgIpc) is 3.51. The zero-order chi connectivity index (χ0) is 34.2. The molecular formula is C37H39BrFN7O2. The third kappa shape index (κ3) is 7.77. The van der Waals surface area contributed by atoms with E-state index >= 15 is 4.39 Å². The van der Waals surface area contributed by atoms with Gasteiger partial charge < -0.3 is 14.5 Å². The molecule has 2 aromatic heterocycles. The molecule has 1 saturated heterocycles. The van der Waals surface area contributed by atoms with Crippen molar-refractivity contribution in [2.24, 2.45) is 5.92 Å². The molecule has 1 aliphatic rings. The van der Waals surface area contributed by atoms with Crippen LogP contribution in [0.1, 0.15) is 42.1 Å². The van der Waals surface area contributed by atoms with Crippen molar-refractivity contribution in [3.8, 4) is 35.0 Å². The number of halogens is 2. The highest BCUT2D eigenvalue weighted by atomic mass is 79.9. The summed E-state index contributed by atoms with van der Waals surface area (Å²) in [4.78, 5) is 29.2. The number of hydrogen-bond acceptors (Lipinski definition) is 8. The van der Waals surface area contributed by atoms with Crippen molar-refractivity contribution in [3.05, 3.63) is 83.0 Å². The van der Waals surface area contributed by atoms with Crippen LogP contribution in [-0.4, -0.2) is 76.8 Å². The Morgan fingerprint density at radius 3 is 2.71 bits per heavy atom. The summed E-state index contributed by atoms with van der Waals surface area (Å²) in [5.74, 6) is 3.40. The van der Waals surface area contributed by atoms with Crippen LogP contribution in [0.2, 0.25) is 0 Å². The van der Waals surface area contributed by atoms with Crippen molar-refractivity contribution < 1.29 is 13.9 Å². The number of imidazole rings is 1. The fourth-order valence-corrected chi connectivity index (χ4v) is 6.60. The number of likely N-dealkylation sites (N-methyl/N-ethyl adjacent to an activating group) is 1. The van der Waals surface area contributed by atoms with E-state index in [2.05, 4.69) is 68.3 Å². The molecule has 4 aromatic rings. The monoisotopic (exact) mass is 711 g/mol. The van der Waals surface area contributed by atoms with Gasteiger partial charge in [0.2, 0.25) is 0 Å². The van der Waals surface area contributed by atoms with Gasteiger partial charge in [0.25, 0.3) is 0 Å². The van der Waals surface area contributed by atoms with E-state index in [1.165, 1.54) is 6.07 Å². The summed E-state index contributed by atoms with van der Waals surface area (Å²) in [6.45, 7) is 9.42. The zero-order valence-corrected chi connectivity index (χ0v) is 29.1. The van der Waals surface area contributed by atoms with Gasteiger partial charge in [-0.15, -0.1) is 6.58 Å². The van der Waals surface area contributed by atoms with Crippen LogP contribution in [0, 0.1) is 35.0 Å². The third-order valence-electron chi connectivity index (χ3n) is 8.53. The average molecular weight is 713 g/mol. The second kappa shape index (κ2) is 16.0. The van der Waals surface area contributed by atoms with Crippen LogP contribution in [0.25, 0.3) is 16.9 Å². The van der Waals surface area contributed by atoms with Gasteiger partial charge in [0.05, 0.1) is 17.6 Å². The molecule has 0 bridgehead atoms. The number of anilines is 2. The molecule has 0 saturated carbocycles. The maximum Gasteiger partial charge on any atom is 0.189 e. The number of benzene rings is 2. The highest BCUT2D eigenvalue weighted by molar-refractivity contribution is 9.10. The van der Waals surface area contributed by atoms with Gasteiger partial charge in [-0.3, -0.25) is 9.20 Å². The highest BCUT2D eigenvalue weighted by Gasteiger charge is 2.25. The predicted molar refractivity (Wildman–Crippen MR) is 190 cm³/mol. The lowest BCUT2D eigenvalue weighted by atomic mass is 9.90. The molecule has 0 amide bonds. The number of carbonyl (C=O) groups is 1. The van der Waals surface area contributed by atoms with Crippen LogP contribution in [0.3, 0.4) is 0 Å². The van der Waals surface area contributed by atoms with Crippen LogP contribution in [-0.2, 0) is 6.42 Å². The second-order valence-electron chi connectivity index (χ2n) is 12.0. The quantitative estimate of drug-likeness (QED) is 0.0641. The van der Waals surface area contributed by atoms with Crippen LogP contribution in [0.5, 0.6) is 5.75 Å². The second-order valence-corrected chi connectivity index (χ2v) is 12.9. The maximum absolute atomic E-state index is 15.5. The molecule has 11 heteroatoms. The van der Waals surface area contributed by atoms with E-state index < -0.39 is 5.82 Å². The summed E-state index contributed by atoms with van der Waals surface area (Å²) < 4.78 is 23.3. The summed E-state index contributed by atoms with van der Waals surface area (Å²) in [7, 11) is 4.18. The number of likely N-dealkylation sites (tertiary alicyclic amines) is 1. The predicted octanol–water partition coefficient (Wildman–Crippen LogP) is 6.89. The van der Waals surface area contributed by atoms with Gasteiger partial charge in [0.15, 0.2) is 35.4 Å². The number of ketones is 1. The topological polar surface area (TPSA) is 90.0 Å². The first-order valence-corrected chi connectivity index (χ1v) is 16.7. The van der Waals surface area contributed by atoms with E-state index in [1.807, 2.05) is 28.7 Å². The van der Waals surface area contributed by atoms with Gasteiger partial charge in [-0.25, -0.2) is 19.3 Å². The van der Waals surface area contributed by atoms with Crippen LogP contribution < -0.4 is 9.64 Å². The largest absolute Gasteiger partial charge is 0.476 e. The first kappa shape index (κ1) is 34.8. The van der Waals surface area contributed by atoms with Gasteiger partial charge in [-0.2, -0.15) is 5.26 Å². The van der Waals surface area contributed by atoms with Gasteiger partial charge >= 0.3 is 0 Å². The number of allylic oxidation sites excluding steroid dienone is 1. The Kier molecular flexibility index (Phi) is 11.6. The van der Waals surface area contributed by atoms with E-state index in [1.54, 1.807) is 42.6 Å². The number of ether oxygens (including phenoxy) is 1. The van der Waals surface area contributed by atoms with Crippen molar-refractivity contribution >= 4 is 38.9 Å². The summed E-state index contributed by atoms with van der Waals surface area (Å²) >= 11 is 3.66. The van der Waals surface area contributed by atoms with E-state index in [0.29, 0.717) is 56.3 Å². The van der Waals surface area contributed by atoms with E-state index in [-0.39, 0.29) is 24.6 Å². The molecule has 0 atom stereocenters. The molecule has 0 radical (unpaired) electrons. The summed E-state index contributed by atoms with van der Waals surface area (Å²) in [5, 5.41) is 8.89. The fourth-order valence-electron chi connectivity index (χ4n) is 6.02. The van der Waals surface area contributed by atoms with Crippen LogP contribution in [0.15, 0.2) is 66.1 Å².